The molecule has 0 fully saturated rings. The van der Waals surface area contributed by atoms with Crippen molar-refractivity contribution < 1.29 is 28.6 Å². The number of esters is 3. The number of carbonyl (C=O) groups is 3. The highest BCUT2D eigenvalue weighted by molar-refractivity contribution is 5.71. The molecule has 1 unspecified atom stereocenters. The lowest BCUT2D eigenvalue weighted by atomic mass is 10.0. The first-order chi connectivity index (χ1) is 28.5. The van der Waals surface area contributed by atoms with Crippen LogP contribution in [0.4, 0.5) is 0 Å². The summed E-state index contributed by atoms with van der Waals surface area (Å²) in [6.07, 6.45) is 56.3. The van der Waals surface area contributed by atoms with Crippen molar-refractivity contribution in [2.75, 3.05) is 13.2 Å². The van der Waals surface area contributed by atoms with Crippen LogP contribution >= 0.6 is 0 Å². The number of carbonyl (C=O) groups excluding carboxylic acids is 3. The van der Waals surface area contributed by atoms with E-state index >= 15 is 0 Å². The molecule has 1 atom stereocenters. The van der Waals surface area contributed by atoms with E-state index in [1.807, 2.05) is 48.6 Å². The summed E-state index contributed by atoms with van der Waals surface area (Å²) in [6, 6.07) is 0. The average Bonchev–Trinajstić information content (AvgIpc) is 3.22. The molecule has 0 aliphatic heterocycles. The van der Waals surface area contributed by atoms with Gasteiger partial charge in [-0.15, -0.1) is 0 Å². The van der Waals surface area contributed by atoms with Gasteiger partial charge < -0.3 is 14.2 Å². The maximum absolute atomic E-state index is 12.8. The third-order valence-electron chi connectivity index (χ3n) is 10.4. The summed E-state index contributed by atoms with van der Waals surface area (Å²) in [5, 5.41) is 0. The summed E-state index contributed by atoms with van der Waals surface area (Å²) in [4.78, 5) is 37.8. The van der Waals surface area contributed by atoms with Crippen molar-refractivity contribution in [3.63, 3.8) is 0 Å². The monoisotopic (exact) mass is 811 g/mol. The fourth-order valence-corrected chi connectivity index (χ4v) is 6.76. The highest BCUT2D eigenvalue weighted by Crippen LogP contribution is 2.15. The summed E-state index contributed by atoms with van der Waals surface area (Å²) < 4.78 is 16.7. The molecular weight excluding hydrogens is 721 g/mol. The van der Waals surface area contributed by atoms with E-state index in [2.05, 4.69) is 32.9 Å². The Labute approximate surface area is 358 Å². The van der Waals surface area contributed by atoms with Crippen LogP contribution < -0.4 is 0 Å². The van der Waals surface area contributed by atoms with Crippen LogP contribution in [0.1, 0.15) is 233 Å². The Balaban J connectivity index is 4.42. The second-order valence-electron chi connectivity index (χ2n) is 16.1. The van der Waals surface area contributed by atoms with Crippen molar-refractivity contribution in [1.29, 1.82) is 0 Å². The van der Waals surface area contributed by atoms with Gasteiger partial charge in [0.25, 0.3) is 0 Å². The van der Waals surface area contributed by atoms with E-state index in [0.717, 1.165) is 70.6 Å². The molecule has 0 N–H and O–H groups in total. The summed E-state index contributed by atoms with van der Waals surface area (Å²) in [5.74, 6) is -0.926. The molecule has 0 aromatic carbocycles. The van der Waals surface area contributed by atoms with Crippen LogP contribution in [0, 0.1) is 0 Å². The normalized spacial score (nSPS) is 12.5. The van der Waals surface area contributed by atoms with E-state index < -0.39 is 6.10 Å². The molecule has 0 aliphatic carbocycles. The van der Waals surface area contributed by atoms with E-state index in [4.69, 9.17) is 14.2 Å². The van der Waals surface area contributed by atoms with Crippen LogP contribution in [0.5, 0.6) is 0 Å². The first-order valence-corrected chi connectivity index (χ1v) is 24.4. The average molecular weight is 811 g/mol. The lowest BCUT2D eigenvalue weighted by molar-refractivity contribution is -0.167. The van der Waals surface area contributed by atoms with Crippen molar-refractivity contribution in [1.82, 2.24) is 0 Å². The van der Waals surface area contributed by atoms with Gasteiger partial charge in [-0.05, 0) is 38.5 Å². The molecule has 6 nitrogen and oxygen atoms in total. The van der Waals surface area contributed by atoms with Gasteiger partial charge in [0.1, 0.15) is 13.2 Å². The Hall–Kier alpha value is -2.89. The molecule has 334 valence electrons. The zero-order chi connectivity index (χ0) is 42.3. The Bertz CT molecular complexity index is 1070. The van der Waals surface area contributed by atoms with E-state index in [1.165, 1.54) is 122 Å². The summed E-state index contributed by atoms with van der Waals surface area (Å²) >= 11 is 0. The Morgan fingerprint density at radius 3 is 1.05 bits per heavy atom. The molecule has 0 amide bonds. The van der Waals surface area contributed by atoms with Gasteiger partial charge in [-0.2, -0.15) is 0 Å². The van der Waals surface area contributed by atoms with Crippen LogP contribution in [-0.2, 0) is 28.6 Å². The molecule has 0 saturated carbocycles. The second-order valence-corrected chi connectivity index (χ2v) is 16.1. The lowest BCUT2D eigenvalue weighted by Crippen LogP contribution is -2.30. The SMILES string of the molecule is CC\C=C/C=C\C=C/C=C\C=C/CCCCCC(=O)OCC(COC(=O)CCCCCCCCCCCC)OC(=O)CCCCCCCCCCCCCCCCC. The number of hydrogen-bond donors (Lipinski definition) is 0. The van der Waals surface area contributed by atoms with Gasteiger partial charge in [0.05, 0.1) is 0 Å². The molecule has 0 radical (unpaired) electrons. The number of allylic oxidation sites excluding steroid dienone is 10. The maximum Gasteiger partial charge on any atom is 0.306 e. The lowest BCUT2D eigenvalue weighted by Gasteiger charge is -2.18. The number of hydrogen-bond acceptors (Lipinski definition) is 6. The standard InChI is InChI=1S/C52H90O6/c1-4-7-10-13-16-19-22-24-26-28-30-33-36-39-42-45-51(54)57-48-49(47-56-50(53)44-41-38-35-32-21-18-15-12-9-6-3)58-52(55)46-43-40-37-34-31-29-27-25-23-20-17-14-11-8-5-2/h7,10,13,16,19,22,24,26,28,30,49H,4-6,8-9,11-12,14-15,17-18,20-21,23,25,27,29,31-48H2,1-3H3/b10-7-,16-13-,22-19-,26-24-,30-28-. The maximum atomic E-state index is 12.8. The molecule has 0 heterocycles. The topological polar surface area (TPSA) is 78.9 Å². The van der Waals surface area contributed by atoms with Crippen molar-refractivity contribution in [2.45, 2.75) is 239 Å². The minimum absolute atomic E-state index is 0.0853. The Morgan fingerprint density at radius 1 is 0.362 bits per heavy atom. The smallest absolute Gasteiger partial charge is 0.306 e. The first kappa shape index (κ1) is 55.1. The van der Waals surface area contributed by atoms with Gasteiger partial charge in [-0.25, -0.2) is 0 Å². The molecule has 6 heteroatoms. The summed E-state index contributed by atoms with van der Waals surface area (Å²) in [6.45, 7) is 6.45. The van der Waals surface area contributed by atoms with Crippen molar-refractivity contribution >= 4 is 17.9 Å². The van der Waals surface area contributed by atoms with Gasteiger partial charge in [0, 0.05) is 19.3 Å². The molecular formula is C52H90O6. The zero-order valence-corrected chi connectivity index (χ0v) is 38.0. The largest absolute Gasteiger partial charge is 0.462 e. The van der Waals surface area contributed by atoms with Gasteiger partial charge >= 0.3 is 17.9 Å². The van der Waals surface area contributed by atoms with Crippen molar-refractivity contribution in [3.8, 4) is 0 Å². The van der Waals surface area contributed by atoms with Gasteiger partial charge in [-0.1, -0.05) is 236 Å². The fraction of sp³-hybridized carbons (Fsp3) is 0.750. The molecule has 0 aromatic heterocycles. The molecule has 0 spiro atoms. The molecule has 0 saturated heterocycles. The van der Waals surface area contributed by atoms with Crippen LogP contribution in [0.15, 0.2) is 60.8 Å². The number of ether oxygens (including phenoxy) is 3. The van der Waals surface area contributed by atoms with Crippen LogP contribution in [-0.4, -0.2) is 37.2 Å². The number of unbranched alkanes of at least 4 members (excludes halogenated alkanes) is 26. The van der Waals surface area contributed by atoms with Crippen LogP contribution in [0.3, 0.4) is 0 Å². The quantitative estimate of drug-likeness (QED) is 0.0264. The van der Waals surface area contributed by atoms with Crippen molar-refractivity contribution in [3.05, 3.63) is 60.8 Å². The van der Waals surface area contributed by atoms with E-state index in [-0.39, 0.29) is 31.1 Å². The molecule has 0 rings (SSSR count). The second kappa shape index (κ2) is 46.8. The van der Waals surface area contributed by atoms with E-state index in [1.54, 1.807) is 0 Å². The Morgan fingerprint density at radius 2 is 0.672 bits per heavy atom. The van der Waals surface area contributed by atoms with Crippen LogP contribution in [0.2, 0.25) is 0 Å². The van der Waals surface area contributed by atoms with E-state index in [9.17, 15) is 14.4 Å². The van der Waals surface area contributed by atoms with Crippen molar-refractivity contribution in [2.24, 2.45) is 0 Å². The van der Waals surface area contributed by atoms with Gasteiger partial charge in [0.2, 0.25) is 0 Å². The predicted octanol–water partition coefficient (Wildman–Crippen LogP) is 15.7. The molecule has 0 aliphatic rings. The Kier molecular flexibility index (Phi) is 44.5. The predicted molar refractivity (Wildman–Crippen MR) is 247 cm³/mol. The van der Waals surface area contributed by atoms with Gasteiger partial charge in [0.15, 0.2) is 6.10 Å². The molecule has 58 heavy (non-hydrogen) atoms. The van der Waals surface area contributed by atoms with Crippen LogP contribution in [0.25, 0.3) is 0 Å². The minimum atomic E-state index is -0.786. The first-order valence-electron chi connectivity index (χ1n) is 24.4. The third kappa shape index (κ3) is 44.2. The highest BCUT2D eigenvalue weighted by atomic mass is 16.6. The third-order valence-corrected chi connectivity index (χ3v) is 10.4. The molecule has 0 bridgehead atoms. The van der Waals surface area contributed by atoms with Gasteiger partial charge in [-0.3, -0.25) is 14.4 Å². The van der Waals surface area contributed by atoms with E-state index in [0.29, 0.717) is 19.3 Å². The highest BCUT2D eigenvalue weighted by Gasteiger charge is 2.19. The molecule has 0 aromatic rings. The number of rotatable bonds is 43. The fourth-order valence-electron chi connectivity index (χ4n) is 6.76. The summed E-state index contributed by atoms with van der Waals surface area (Å²) in [7, 11) is 0. The summed E-state index contributed by atoms with van der Waals surface area (Å²) in [5.41, 5.74) is 0. The zero-order valence-electron chi connectivity index (χ0n) is 38.0. The minimum Gasteiger partial charge on any atom is -0.462 e.